The van der Waals surface area contributed by atoms with Crippen molar-refractivity contribution in [1.29, 1.82) is 0 Å². The summed E-state index contributed by atoms with van der Waals surface area (Å²) in [7, 11) is 0. The van der Waals surface area contributed by atoms with E-state index in [1.165, 1.54) is 24.8 Å². The molecular formula is C12H17S. The maximum absolute atomic E-state index is 2.33. The molecule has 0 aliphatic heterocycles. The summed E-state index contributed by atoms with van der Waals surface area (Å²) in [5.74, 6) is 3.45. The van der Waals surface area contributed by atoms with Crippen molar-refractivity contribution < 1.29 is 0 Å². The number of hydrogen-bond acceptors (Lipinski definition) is 1. The molecule has 0 N–H and O–H groups in total. The molecule has 1 radical (unpaired) electrons. The first-order valence-corrected chi connectivity index (χ1v) is 5.95. The summed E-state index contributed by atoms with van der Waals surface area (Å²) in [5, 5.41) is 0. The normalized spacial score (nSPS) is 10.2. The molecule has 0 fully saturated rings. The average molecular weight is 193 g/mol. The van der Waals surface area contributed by atoms with Gasteiger partial charge in [-0.15, -0.1) is 0 Å². The van der Waals surface area contributed by atoms with Crippen LogP contribution in [0.25, 0.3) is 0 Å². The number of hydrogen-bond donors (Lipinski definition) is 0. The largest absolute Gasteiger partial charge is 0.153 e. The van der Waals surface area contributed by atoms with Crippen LogP contribution in [-0.2, 0) is 5.75 Å². The molecule has 71 valence electrons. The van der Waals surface area contributed by atoms with Gasteiger partial charge in [0.25, 0.3) is 0 Å². The van der Waals surface area contributed by atoms with E-state index in [0.29, 0.717) is 0 Å². The van der Waals surface area contributed by atoms with Crippen LogP contribution in [-0.4, -0.2) is 0 Å². The number of rotatable bonds is 6. The Morgan fingerprint density at radius 1 is 1.23 bits per heavy atom. The smallest absolute Gasteiger partial charge is 0.0187 e. The van der Waals surface area contributed by atoms with Gasteiger partial charge in [-0.1, -0.05) is 50.1 Å². The maximum atomic E-state index is 2.33. The molecule has 0 aliphatic rings. The van der Waals surface area contributed by atoms with Gasteiger partial charge in [-0.3, -0.25) is 0 Å². The third-order valence-electron chi connectivity index (χ3n) is 1.89. The molecule has 0 nitrogen and oxygen atoms in total. The fraction of sp³-hybridized carbons (Fsp3) is 0.417. The molecule has 1 rings (SSSR count). The van der Waals surface area contributed by atoms with E-state index in [1.807, 2.05) is 11.8 Å². The molecule has 0 amide bonds. The zero-order valence-electron chi connectivity index (χ0n) is 8.20. The van der Waals surface area contributed by atoms with Crippen LogP contribution in [0.5, 0.6) is 0 Å². The van der Waals surface area contributed by atoms with Crippen molar-refractivity contribution in [3.05, 3.63) is 41.6 Å². The lowest BCUT2D eigenvalue weighted by Gasteiger charge is -2.00. The van der Waals surface area contributed by atoms with Gasteiger partial charge in [0.15, 0.2) is 0 Å². The van der Waals surface area contributed by atoms with Gasteiger partial charge in [0, 0.05) is 11.5 Å². The fourth-order valence-corrected chi connectivity index (χ4v) is 1.94. The van der Waals surface area contributed by atoms with Crippen molar-refractivity contribution in [2.75, 3.05) is 0 Å². The first kappa shape index (κ1) is 10.6. The van der Waals surface area contributed by atoms with Crippen LogP contribution in [0.15, 0.2) is 30.3 Å². The minimum Gasteiger partial charge on any atom is -0.153 e. The SMILES string of the molecule is CCCC[CH]SCc1ccccc1. The van der Waals surface area contributed by atoms with Crippen molar-refractivity contribution in [2.24, 2.45) is 0 Å². The van der Waals surface area contributed by atoms with Gasteiger partial charge >= 0.3 is 0 Å². The molecule has 0 aliphatic carbocycles. The lowest BCUT2D eigenvalue weighted by Crippen LogP contribution is -1.79. The van der Waals surface area contributed by atoms with Gasteiger partial charge in [0.05, 0.1) is 0 Å². The number of thioether (sulfide) groups is 1. The molecule has 0 unspecified atom stereocenters. The Kier molecular flexibility index (Phi) is 5.75. The van der Waals surface area contributed by atoms with E-state index in [1.54, 1.807) is 0 Å². The van der Waals surface area contributed by atoms with Gasteiger partial charge in [0.1, 0.15) is 0 Å². The average Bonchev–Trinajstić information content (AvgIpc) is 2.19. The highest BCUT2D eigenvalue weighted by molar-refractivity contribution is 8.00. The molecule has 0 bridgehead atoms. The first-order chi connectivity index (χ1) is 6.43. The number of benzene rings is 1. The predicted octanol–water partition coefficient (Wildman–Crippen LogP) is 4.27. The second kappa shape index (κ2) is 7.02. The van der Waals surface area contributed by atoms with E-state index in [-0.39, 0.29) is 0 Å². The Labute approximate surface area is 85.7 Å². The summed E-state index contributed by atoms with van der Waals surface area (Å²) in [6.45, 7) is 2.23. The molecule has 0 saturated heterocycles. The Hall–Kier alpha value is -0.430. The Morgan fingerprint density at radius 2 is 2.00 bits per heavy atom. The topological polar surface area (TPSA) is 0 Å². The van der Waals surface area contributed by atoms with Crippen molar-refractivity contribution in [2.45, 2.75) is 31.9 Å². The second-order valence-electron chi connectivity index (χ2n) is 3.11. The van der Waals surface area contributed by atoms with Crippen LogP contribution in [0, 0.1) is 5.75 Å². The van der Waals surface area contributed by atoms with Gasteiger partial charge in [-0.05, 0) is 12.0 Å². The molecule has 0 spiro atoms. The minimum absolute atomic E-state index is 1.12. The Bertz CT molecular complexity index is 206. The van der Waals surface area contributed by atoms with Gasteiger partial charge < -0.3 is 0 Å². The number of unbranched alkanes of at least 4 members (excludes halogenated alkanes) is 2. The molecule has 0 atom stereocenters. The van der Waals surface area contributed by atoms with Crippen molar-refractivity contribution in [3.63, 3.8) is 0 Å². The van der Waals surface area contributed by atoms with Crippen LogP contribution in [0.2, 0.25) is 0 Å². The zero-order chi connectivity index (χ0) is 9.36. The standard InChI is InChI=1S/C12H17S/c1-2-3-7-10-13-11-12-8-5-4-6-9-12/h4-6,8-10H,2-3,7,11H2,1H3. The monoisotopic (exact) mass is 193 g/mol. The minimum atomic E-state index is 1.12. The molecular weight excluding hydrogens is 176 g/mol. The maximum Gasteiger partial charge on any atom is 0.0187 e. The van der Waals surface area contributed by atoms with Crippen molar-refractivity contribution in [3.8, 4) is 0 Å². The van der Waals surface area contributed by atoms with Gasteiger partial charge in [-0.25, -0.2) is 0 Å². The quantitative estimate of drug-likeness (QED) is 0.608. The highest BCUT2D eigenvalue weighted by Gasteiger charge is 1.92. The van der Waals surface area contributed by atoms with Crippen LogP contribution in [0.4, 0.5) is 0 Å². The predicted molar refractivity (Wildman–Crippen MR) is 61.6 cm³/mol. The highest BCUT2D eigenvalue weighted by atomic mass is 32.2. The second-order valence-corrected chi connectivity index (χ2v) is 4.06. The summed E-state index contributed by atoms with van der Waals surface area (Å²) in [6, 6.07) is 10.6. The highest BCUT2D eigenvalue weighted by Crippen LogP contribution is 2.17. The first-order valence-electron chi connectivity index (χ1n) is 4.90. The summed E-state index contributed by atoms with van der Waals surface area (Å²) >= 11 is 1.92. The van der Waals surface area contributed by atoms with Gasteiger partial charge in [-0.2, -0.15) is 11.8 Å². The molecule has 0 heterocycles. The van der Waals surface area contributed by atoms with Crippen molar-refractivity contribution in [1.82, 2.24) is 0 Å². The van der Waals surface area contributed by atoms with Crippen LogP contribution in [0.3, 0.4) is 0 Å². The van der Waals surface area contributed by atoms with E-state index in [2.05, 4.69) is 43.0 Å². The molecule has 0 aromatic heterocycles. The third-order valence-corrected chi connectivity index (χ3v) is 2.86. The molecule has 13 heavy (non-hydrogen) atoms. The summed E-state index contributed by atoms with van der Waals surface area (Å²) < 4.78 is 0. The summed E-state index contributed by atoms with van der Waals surface area (Å²) in [4.78, 5) is 0. The van der Waals surface area contributed by atoms with E-state index in [9.17, 15) is 0 Å². The van der Waals surface area contributed by atoms with Crippen LogP contribution < -0.4 is 0 Å². The Balaban J connectivity index is 2.07. The van der Waals surface area contributed by atoms with E-state index in [4.69, 9.17) is 0 Å². The lowest BCUT2D eigenvalue weighted by atomic mass is 10.2. The zero-order valence-corrected chi connectivity index (χ0v) is 9.02. The van der Waals surface area contributed by atoms with E-state index < -0.39 is 0 Å². The van der Waals surface area contributed by atoms with Crippen LogP contribution in [0.1, 0.15) is 31.7 Å². The molecule has 1 aromatic rings. The van der Waals surface area contributed by atoms with Gasteiger partial charge in [0.2, 0.25) is 0 Å². The molecule has 1 aromatic carbocycles. The van der Waals surface area contributed by atoms with E-state index >= 15 is 0 Å². The fourth-order valence-electron chi connectivity index (χ4n) is 1.10. The molecule has 1 heteroatoms. The third kappa shape index (κ3) is 4.99. The Morgan fingerprint density at radius 3 is 2.69 bits per heavy atom. The van der Waals surface area contributed by atoms with E-state index in [0.717, 1.165) is 5.75 Å². The van der Waals surface area contributed by atoms with Crippen LogP contribution >= 0.6 is 11.8 Å². The van der Waals surface area contributed by atoms with Crippen molar-refractivity contribution >= 4 is 11.8 Å². The molecule has 0 saturated carbocycles. The lowest BCUT2D eigenvalue weighted by molar-refractivity contribution is 0.806. The summed E-state index contributed by atoms with van der Waals surface area (Å²) in [6.07, 6.45) is 3.86. The summed E-state index contributed by atoms with van der Waals surface area (Å²) in [5.41, 5.74) is 1.42.